The molecular formula is C30H30N2O5S. The van der Waals surface area contributed by atoms with Crippen molar-refractivity contribution in [3.8, 4) is 11.5 Å². The van der Waals surface area contributed by atoms with Crippen molar-refractivity contribution in [1.82, 2.24) is 4.90 Å². The van der Waals surface area contributed by atoms with Gasteiger partial charge in [0.15, 0.2) is 18.1 Å². The van der Waals surface area contributed by atoms with Crippen LogP contribution in [0.1, 0.15) is 34.7 Å². The molecule has 0 saturated carbocycles. The zero-order valence-corrected chi connectivity index (χ0v) is 22.7. The number of thioether (sulfide) groups is 1. The molecule has 7 nitrogen and oxygen atoms in total. The van der Waals surface area contributed by atoms with Gasteiger partial charge in [-0.3, -0.25) is 19.3 Å². The molecule has 0 radical (unpaired) electrons. The number of benzene rings is 3. The van der Waals surface area contributed by atoms with E-state index in [-0.39, 0.29) is 30.2 Å². The van der Waals surface area contributed by atoms with Gasteiger partial charge in [-0.25, -0.2) is 0 Å². The van der Waals surface area contributed by atoms with E-state index < -0.39 is 0 Å². The van der Waals surface area contributed by atoms with Gasteiger partial charge >= 0.3 is 0 Å². The van der Waals surface area contributed by atoms with Crippen LogP contribution in [0.25, 0.3) is 6.08 Å². The van der Waals surface area contributed by atoms with Crippen molar-refractivity contribution in [2.45, 2.75) is 34.2 Å². The smallest absolute Gasteiger partial charge is 0.293 e. The summed E-state index contributed by atoms with van der Waals surface area (Å²) in [5, 5.41) is 2.53. The molecule has 1 N–H and O–H groups in total. The Balaban J connectivity index is 1.44. The van der Waals surface area contributed by atoms with Gasteiger partial charge in [0.25, 0.3) is 17.1 Å². The summed E-state index contributed by atoms with van der Waals surface area (Å²) >= 11 is 0.914. The molecule has 38 heavy (non-hydrogen) atoms. The fourth-order valence-corrected chi connectivity index (χ4v) is 4.78. The molecule has 8 heteroatoms. The lowest BCUT2D eigenvalue weighted by Gasteiger charge is -2.13. The van der Waals surface area contributed by atoms with Crippen LogP contribution in [0.15, 0.2) is 65.6 Å². The Hall–Kier alpha value is -4.04. The highest BCUT2D eigenvalue weighted by atomic mass is 32.2. The Morgan fingerprint density at radius 1 is 0.947 bits per heavy atom. The van der Waals surface area contributed by atoms with Crippen molar-refractivity contribution in [2.75, 3.05) is 18.5 Å². The first-order valence-electron chi connectivity index (χ1n) is 12.3. The number of carbonyl (C=O) groups is 3. The molecule has 4 rings (SSSR count). The highest BCUT2D eigenvalue weighted by molar-refractivity contribution is 8.18. The molecule has 1 aliphatic rings. The van der Waals surface area contributed by atoms with Crippen molar-refractivity contribution in [2.24, 2.45) is 0 Å². The van der Waals surface area contributed by atoms with Crippen LogP contribution in [0.2, 0.25) is 0 Å². The van der Waals surface area contributed by atoms with Crippen molar-refractivity contribution in [3.63, 3.8) is 0 Å². The molecular weight excluding hydrogens is 500 g/mol. The van der Waals surface area contributed by atoms with Crippen molar-refractivity contribution >= 4 is 40.6 Å². The number of anilines is 1. The third-order valence-corrected chi connectivity index (χ3v) is 6.92. The van der Waals surface area contributed by atoms with Crippen LogP contribution in [-0.4, -0.2) is 35.2 Å². The number of nitrogens with zero attached hydrogens (tertiary/aromatic N) is 1. The van der Waals surface area contributed by atoms with Crippen LogP contribution in [0.3, 0.4) is 0 Å². The molecule has 0 bridgehead atoms. The van der Waals surface area contributed by atoms with Crippen LogP contribution in [-0.2, 0) is 16.1 Å². The van der Waals surface area contributed by atoms with Gasteiger partial charge in [-0.15, -0.1) is 0 Å². The lowest BCUT2D eigenvalue weighted by Crippen LogP contribution is -2.27. The predicted molar refractivity (Wildman–Crippen MR) is 150 cm³/mol. The van der Waals surface area contributed by atoms with Gasteiger partial charge in [0, 0.05) is 5.69 Å². The number of hydrogen-bond donors (Lipinski definition) is 1. The maximum atomic E-state index is 13.0. The quantitative estimate of drug-likeness (QED) is 0.329. The van der Waals surface area contributed by atoms with Crippen LogP contribution in [0, 0.1) is 20.8 Å². The summed E-state index contributed by atoms with van der Waals surface area (Å²) < 4.78 is 11.5. The summed E-state index contributed by atoms with van der Waals surface area (Å²) in [6, 6.07) is 18.6. The fourth-order valence-electron chi connectivity index (χ4n) is 3.94. The highest BCUT2D eigenvalue weighted by Gasteiger charge is 2.35. The lowest BCUT2D eigenvalue weighted by atomic mass is 10.1. The maximum absolute atomic E-state index is 13.0. The van der Waals surface area contributed by atoms with Crippen molar-refractivity contribution < 1.29 is 23.9 Å². The second-order valence-electron chi connectivity index (χ2n) is 9.03. The van der Waals surface area contributed by atoms with E-state index in [9.17, 15) is 14.4 Å². The monoisotopic (exact) mass is 530 g/mol. The maximum Gasteiger partial charge on any atom is 0.293 e. The Bertz CT molecular complexity index is 1420. The average molecular weight is 531 g/mol. The Morgan fingerprint density at radius 3 is 2.50 bits per heavy atom. The van der Waals surface area contributed by atoms with Gasteiger partial charge in [-0.05, 0) is 92.1 Å². The largest absolute Gasteiger partial charge is 0.490 e. The first-order valence-corrected chi connectivity index (χ1v) is 13.1. The van der Waals surface area contributed by atoms with Crippen LogP contribution in [0.5, 0.6) is 11.5 Å². The first-order chi connectivity index (χ1) is 18.2. The van der Waals surface area contributed by atoms with E-state index >= 15 is 0 Å². The molecule has 0 aromatic heterocycles. The summed E-state index contributed by atoms with van der Waals surface area (Å²) in [7, 11) is 0. The summed E-state index contributed by atoms with van der Waals surface area (Å²) in [5.74, 6) is 0.232. The molecule has 1 heterocycles. The van der Waals surface area contributed by atoms with Gasteiger partial charge in [0.2, 0.25) is 0 Å². The minimum absolute atomic E-state index is 0.190. The first kappa shape index (κ1) is 27.0. The number of aryl methyl sites for hydroxylation is 3. The number of imide groups is 1. The third kappa shape index (κ3) is 6.63. The van der Waals surface area contributed by atoms with E-state index in [0.717, 1.165) is 34.0 Å². The van der Waals surface area contributed by atoms with E-state index in [1.54, 1.807) is 24.3 Å². The summed E-state index contributed by atoms with van der Waals surface area (Å²) in [6.45, 7) is 8.25. The van der Waals surface area contributed by atoms with Crippen LogP contribution in [0.4, 0.5) is 10.5 Å². The summed E-state index contributed by atoms with van der Waals surface area (Å²) in [4.78, 5) is 39.5. The van der Waals surface area contributed by atoms with Gasteiger partial charge in [0.1, 0.15) is 0 Å². The molecule has 3 aromatic carbocycles. The topological polar surface area (TPSA) is 84.9 Å². The van der Waals surface area contributed by atoms with Crippen molar-refractivity contribution in [3.05, 3.63) is 93.4 Å². The second kappa shape index (κ2) is 12.0. The number of hydrogen-bond acceptors (Lipinski definition) is 6. The van der Waals surface area contributed by atoms with E-state index in [1.165, 1.54) is 4.90 Å². The third-order valence-electron chi connectivity index (χ3n) is 6.01. The van der Waals surface area contributed by atoms with Crippen molar-refractivity contribution in [1.29, 1.82) is 0 Å². The molecule has 3 aromatic rings. The molecule has 1 saturated heterocycles. The van der Waals surface area contributed by atoms with E-state index in [1.807, 2.05) is 70.2 Å². The Morgan fingerprint density at radius 2 is 1.76 bits per heavy atom. The summed E-state index contributed by atoms with van der Waals surface area (Å²) in [5.41, 5.74) is 5.59. The molecule has 3 amide bonds. The molecule has 0 unspecified atom stereocenters. The number of rotatable bonds is 9. The molecule has 196 valence electrons. The highest BCUT2D eigenvalue weighted by Crippen LogP contribution is 2.35. The second-order valence-corrected chi connectivity index (χ2v) is 10.0. The normalized spacial score (nSPS) is 14.2. The molecule has 1 aliphatic heterocycles. The average Bonchev–Trinajstić information content (AvgIpc) is 3.13. The zero-order chi connectivity index (χ0) is 27.2. The molecule has 0 aliphatic carbocycles. The number of amides is 3. The van der Waals surface area contributed by atoms with E-state index in [4.69, 9.17) is 9.47 Å². The lowest BCUT2D eigenvalue weighted by molar-refractivity contribution is -0.123. The Labute approximate surface area is 226 Å². The van der Waals surface area contributed by atoms with E-state index in [2.05, 4.69) is 5.32 Å². The zero-order valence-electron chi connectivity index (χ0n) is 21.9. The standard InChI is InChI=1S/C30H30N2O5S/c1-5-36-26-15-22(10-12-25(26)37-18-28(33)31-24-11-9-20(3)21(4)14-24)16-27-29(34)32(30(35)38-27)17-23-8-6-7-19(2)13-23/h6-16H,5,17-18H2,1-4H3,(H,31,33)/b27-16-. The SMILES string of the molecule is CCOc1cc(/C=C2\SC(=O)N(Cc3cccc(C)c3)C2=O)ccc1OCC(=O)Nc1ccc(C)c(C)c1. The number of carbonyl (C=O) groups excluding carboxylic acids is 3. The van der Waals surface area contributed by atoms with Crippen LogP contribution < -0.4 is 14.8 Å². The summed E-state index contributed by atoms with van der Waals surface area (Å²) in [6.07, 6.45) is 1.67. The van der Waals surface area contributed by atoms with Crippen LogP contribution >= 0.6 is 11.8 Å². The fraction of sp³-hybridized carbons (Fsp3) is 0.233. The molecule has 0 spiro atoms. The molecule has 0 atom stereocenters. The molecule has 1 fully saturated rings. The van der Waals surface area contributed by atoms with Gasteiger partial charge in [0.05, 0.1) is 18.1 Å². The minimum atomic E-state index is -0.331. The van der Waals surface area contributed by atoms with Gasteiger partial charge in [-0.2, -0.15) is 0 Å². The van der Waals surface area contributed by atoms with E-state index in [0.29, 0.717) is 34.3 Å². The van der Waals surface area contributed by atoms with Gasteiger partial charge in [-0.1, -0.05) is 42.0 Å². The van der Waals surface area contributed by atoms with Gasteiger partial charge < -0.3 is 14.8 Å². The predicted octanol–water partition coefficient (Wildman–Crippen LogP) is 6.26. The number of nitrogens with one attached hydrogen (secondary N) is 1. The minimum Gasteiger partial charge on any atom is -0.490 e. The Kier molecular flexibility index (Phi) is 8.53. The number of ether oxygens (including phenoxy) is 2.